The molecular formula is C15H25NO. The van der Waals surface area contributed by atoms with E-state index in [0.29, 0.717) is 0 Å². The predicted octanol–water partition coefficient (Wildman–Crippen LogP) is 3.26. The molecular weight excluding hydrogens is 210 g/mol. The van der Waals surface area contributed by atoms with Gasteiger partial charge in [-0.05, 0) is 12.0 Å². The lowest BCUT2D eigenvalue weighted by molar-refractivity contribution is 0.0911. The molecule has 0 aliphatic heterocycles. The summed E-state index contributed by atoms with van der Waals surface area (Å²) < 4.78 is 0. The minimum absolute atomic E-state index is 0.0761. The van der Waals surface area contributed by atoms with Gasteiger partial charge in [0.15, 0.2) is 0 Å². The quantitative estimate of drug-likeness (QED) is 0.713. The standard InChI is InChI=1S/C15H25NO/c1-3-4-6-11-14(17)12(2)15(16)13-9-7-5-8-10-13/h5,7-10,12,14-15,17H,3-4,6,11,16H2,1-2H3/t12-,14+,15-/m0/s1. The fourth-order valence-corrected chi connectivity index (χ4v) is 2.08. The summed E-state index contributed by atoms with van der Waals surface area (Å²) in [7, 11) is 0. The minimum atomic E-state index is -0.295. The number of rotatable bonds is 7. The highest BCUT2D eigenvalue weighted by atomic mass is 16.3. The Kier molecular flexibility index (Phi) is 6.23. The third kappa shape index (κ3) is 4.49. The van der Waals surface area contributed by atoms with E-state index in [-0.39, 0.29) is 18.1 Å². The van der Waals surface area contributed by atoms with Gasteiger partial charge in [0.1, 0.15) is 0 Å². The van der Waals surface area contributed by atoms with Crippen molar-refractivity contribution in [2.45, 2.75) is 51.7 Å². The molecule has 1 aromatic rings. The van der Waals surface area contributed by atoms with Gasteiger partial charge in [-0.2, -0.15) is 0 Å². The molecule has 0 spiro atoms. The van der Waals surface area contributed by atoms with Gasteiger partial charge in [0, 0.05) is 12.0 Å². The fourth-order valence-electron chi connectivity index (χ4n) is 2.08. The molecule has 0 radical (unpaired) electrons. The molecule has 2 nitrogen and oxygen atoms in total. The van der Waals surface area contributed by atoms with Gasteiger partial charge < -0.3 is 10.8 Å². The Morgan fingerprint density at radius 3 is 2.41 bits per heavy atom. The molecule has 3 atom stereocenters. The van der Waals surface area contributed by atoms with E-state index >= 15 is 0 Å². The molecule has 0 aromatic heterocycles. The first-order chi connectivity index (χ1) is 8.16. The predicted molar refractivity (Wildman–Crippen MR) is 72.7 cm³/mol. The van der Waals surface area contributed by atoms with Gasteiger partial charge in [0.2, 0.25) is 0 Å². The van der Waals surface area contributed by atoms with Crippen molar-refractivity contribution >= 4 is 0 Å². The molecule has 1 rings (SSSR count). The Labute approximate surface area is 105 Å². The van der Waals surface area contributed by atoms with Crippen molar-refractivity contribution in [3.8, 4) is 0 Å². The van der Waals surface area contributed by atoms with Crippen LogP contribution in [0.15, 0.2) is 30.3 Å². The van der Waals surface area contributed by atoms with Crippen LogP contribution in [0, 0.1) is 5.92 Å². The summed E-state index contributed by atoms with van der Waals surface area (Å²) >= 11 is 0. The van der Waals surface area contributed by atoms with Gasteiger partial charge in [-0.1, -0.05) is 63.4 Å². The summed E-state index contributed by atoms with van der Waals surface area (Å²) in [6, 6.07) is 9.95. The van der Waals surface area contributed by atoms with E-state index in [2.05, 4.69) is 6.92 Å². The van der Waals surface area contributed by atoms with E-state index in [0.717, 1.165) is 18.4 Å². The minimum Gasteiger partial charge on any atom is -0.393 e. The van der Waals surface area contributed by atoms with E-state index in [1.165, 1.54) is 12.8 Å². The first-order valence-electron chi connectivity index (χ1n) is 6.65. The van der Waals surface area contributed by atoms with E-state index in [1.54, 1.807) is 0 Å². The molecule has 0 aliphatic carbocycles. The highest BCUT2D eigenvalue weighted by Crippen LogP contribution is 2.24. The maximum absolute atomic E-state index is 10.1. The molecule has 0 saturated heterocycles. The lowest BCUT2D eigenvalue weighted by atomic mass is 9.88. The van der Waals surface area contributed by atoms with Crippen molar-refractivity contribution in [1.82, 2.24) is 0 Å². The highest BCUT2D eigenvalue weighted by molar-refractivity contribution is 5.19. The first kappa shape index (κ1) is 14.2. The second kappa shape index (κ2) is 7.46. The topological polar surface area (TPSA) is 46.2 Å². The number of unbranched alkanes of at least 4 members (excludes halogenated alkanes) is 2. The van der Waals surface area contributed by atoms with Gasteiger partial charge in [0.05, 0.1) is 6.10 Å². The molecule has 0 bridgehead atoms. The van der Waals surface area contributed by atoms with Gasteiger partial charge in [-0.15, -0.1) is 0 Å². The zero-order valence-electron chi connectivity index (χ0n) is 11.0. The van der Waals surface area contributed by atoms with E-state index in [9.17, 15) is 5.11 Å². The molecule has 0 saturated carbocycles. The number of hydrogen-bond donors (Lipinski definition) is 2. The molecule has 2 heteroatoms. The van der Waals surface area contributed by atoms with Crippen molar-refractivity contribution in [3.63, 3.8) is 0 Å². The summed E-state index contributed by atoms with van der Waals surface area (Å²) in [6.45, 7) is 4.21. The molecule has 96 valence electrons. The zero-order chi connectivity index (χ0) is 12.7. The van der Waals surface area contributed by atoms with Crippen LogP contribution in [-0.2, 0) is 0 Å². The molecule has 0 unspecified atom stereocenters. The molecule has 1 aromatic carbocycles. The van der Waals surface area contributed by atoms with Crippen LogP contribution in [0.3, 0.4) is 0 Å². The lowest BCUT2D eigenvalue weighted by Crippen LogP contribution is -2.29. The summed E-state index contributed by atoms with van der Waals surface area (Å²) in [5.41, 5.74) is 7.29. The second-order valence-corrected chi connectivity index (χ2v) is 4.86. The third-order valence-corrected chi connectivity index (χ3v) is 3.46. The van der Waals surface area contributed by atoms with Crippen LogP contribution < -0.4 is 5.73 Å². The van der Waals surface area contributed by atoms with Crippen molar-refractivity contribution in [1.29, 1.82) is 0 Å². The average molecular weight is 235 g/mol. The Morgan fingerprint density at radius 2 is 1.82 bits per heavy atom. The molecule has 0 amide bonds. The SMILES string of the molecule is CCCCC[C@@H](O)[C@H](C)[C@H](N)c1ccccc1. The monoisotopic (exact) mass is 235 g/mol. The first-order valence-corrected chi connectivity index (χ1v) is 6.65. The van der Waals surface area contributed by atoms with Crippen LogP contribution in [0.4, 0.5) is 0 Å². The third-order valence-electron chi connectivity index (χ3n) is 3.46. The Hall–Kier alpha value is -0.860. The summed E-state index contributed by atoms with van der Waals surface area (Å²) in [5, 5.41) is 10.1. The maximum atomic E-state index is 10.1. The fraction of sp³-hybridized carbons (Fsp3) is 0.600. The van der Waals surface area contributed by atoms with Crippen molar-refractivity contribution < 1.29 is 5.11 Å². The average Bonchev–Trinajstić information content (AvgIpc) is 2.38. The summed E-state index contributed by atoms with van der Waals surface area (Å²) in [5.74, 6) is 0.106. The number of benzene rings is 1. The van der Waals surface area contributed by atoms with Crippen LogP contribution >= 0.6 is 0 Å². The van der Waals surface area contributed by atoms with Crippen molar-refractivity contribution in [2.24, 2.45) is 11.7 Å². The highest BCUT2D eigenvalue weighted by Gasteiger charge is 2.21. The largest absolute Gasteiger partial charge is 0.393 e. The molecule has 0 aliphatic rings. The van der Waals surface area contributed by atoms with E-state index in [1.807, 2.05) is 37.3 Å². The van der Waals surface area contributed by atoms with E-state index in [4.69, 9.17) is 5.73 Å². The lowest BCUT2D eigenvalue weighted by Gasteiger charge is -2.25. The van der Waals surface area contributed by atoms with Crippen LogP contribution in [0.1, 0.15) is 51.1 Å². The number of aliphatic hydroxyl groups is 1. The number of nitrogens with two attached hydrogens (primary N) is 1. The molecule has 0 fully saturated rings. The normalized spacial score (nSPS) is 16.5. The van der Waals surface area contributed by atoms with Gasteiger partial charge in [0.25, 0.3) is 0 Å². The maximum Gasteiger partial charge on any atom is 0.0583 e. The van der Waals surface area contributed by atoms with Gasteiger partial charge in [-0.3, -0.25) is 0 Å². The van der Waals surface area contributed by atoms with Gasteiger partial charge in [-0.25, -0.2) is 0 Å². The van der Waals surface area contributed by atoms with E-state index < -0.39 is 0 Å². The van der Waals surface area contributed by atoms with Gasteiger partial charge >= 0.3 is 0 Å². The molecule has 3 N–H and O–H groups in total. The summed E-state index contributed by atoms with van der Waals surface area (Å²) in [6.07, 6.45) is 4.02. The van der Waals surface area contributed by atoms with Crippen molar-refractivity contribution in [3.05, 3.63) is 35.9 Å². The smallest absolute Gasteiger partial charge is 0.0583 e. The Morgan fingerprint density at radius 1 is 1.18 bits per heavy atom. The Balaban J connectivity index is 2.48. The molecule has 0 heterocycles. The second-order valence-electron chi connectivity index (χ2n) is 4.86. The molecule has 17 heavy (non-hydrogen) atoms. The summed E-state index contributed by atoms with van der Waals surface area (Å²) in [4.78, 5) is 0. The number of aliphatic hydroxyl groups excluding tert-OH is 1. The van der Waals surface area contributed by atoms with Crippen molar-refractivity contribution in [2.75, 3.05) is 0 Å². The van der Waals surface area contributed by atoms with Crippen LogP contribution in [-0.4, -0.2) is 11.2 Å². The van der Waals surface area contributed by atoms with Crippen LogP contribution in [0.2, 0.25) is 0 Å². The zero-order valence-corrected chi connectivity index (χ0v) is 11.0. The number of hydrogen-bond acceptors (Lipinski definition) is 2. The van der Waals surface area contributed by atoms with Crippen LogP contribution in [0.5, 0.6) is 0 Å². The van der Waals surface area contributed by atoms with Crippen LogP contribution in [0.25, 0.3) is 0 Å². The Bertz CT molecular complexity index is 299.